The third-order valence-electron chi connectivity index (χ3n) is 3.29. The zero-order chi connectivity index (χ0) is 15.1. The third-order valence-corrected chi connectivity index (χ3v) is 3.29. The maximum absolute atomic E-state index is 12.1. The molecule has 2 aromatic carbocycles. The van der Waals surface area contributed by atoms with Crippen molar-refractivity contribution in [2.24, 2.45) is 0 Å². The van der Waals surface area contributed by atoms with Gasteiger partial charge in [0, 0.05) is 23.8 Å². The van der Waals surface area contributed by atoms with Crippen molar-refractivity contribution >= 4 is 11.0 Å². The Morgan fingerprint density at radius 2 is 1.71 bits per heavy atom. The van der Waals surface area contributed by atoms with Crippen LogP contribution in [-0.2, 0) is 0 Å². The number of phenolic OH excluding ortho intramolecular Hbond substituents is 3. The summed E-state index contributed by atoms with van der Waals surface area (Å²) >= 11 is 0. The Morgan fingerprint density at radius 3 is 2.43 bits per heavy atom. The van der Waals surface area contributed by atoms with Gasteiger partial charge >= 0.3 is 0 Å². The molecular formula is C16H12O5. The standard InChI is InChI=1S/C16H12O5/c1-8-2-3-9(4-11(8)18)14-7-13(20)16-12(19)5-10(17)6-15(16)21-14/h2-7,17-19H,1H3. The second kappa shape index (κ2) is 4.56. The molecule has 0 spiro atoms. The van der Waals surface area contributed by atoms with E-state index in [2.05, 4.69) is 0 Å². The Labute approximate surface area is 119 Å². The molecule has 3 N–H and O–H groups in total. The number of rotatable bonds is 1. The first kappa shape index (κ1) is 13.1. The first-order valence-corrected chi connectivity index (χ1v) is 6.25. The minimum atomic E-state index is -0.427. The topological polar surface area (TPSA) is 90.9 Å². The van der Waals surface area contributed by atoms with Crippen LogP contribution in [0.15, 0.2) is 45.6 Å². The molecule has 21 heavy (non-hydrogen) atoms. The van der Waals surface area contributed by atoms with Crippen molar-refractivity contribution in [3.8, 4) is 28.6 Å². The van der Waals surface area contributed by atoms with E-state index < -0.39 is 5.43 Å². The molecule has 106 valence electrons. The second-order valence-electron chi connectivity index (χ2n) is 4.81. The summed E-state index contributed by atoms with van der Waals surface area (Å²) in [6.07, 6.45) is 0. The monoisotopic (exact) mass is 284 g/mol. The number of benzene rings is 2. The van der Waals surface area contributed by atoms with E-state index in [1.165, 1.54) is 18.2 Å². The van der Waals surface area contributed by atoms with Gasteiger partial charge in [-0.15, -0.1) is 0 Å². The second-order valence-corrected chi connectivity index (χ2v) is 4.81. The normalized spacial score (nSPS) is 10.9. The van der Waals surface area contributed by atoms with Crippen LogP contribution in [-0.4, -0.2) is 15.3 Å². The zero-order valence-electron chi connectivity index (χ0n) is 11.1. The molecule has 5 heteroatoms. The van der Waals surface area contributed by atoms with Gasteiger partial charge in [0.2, 0.25) is 0 Å². The van der Waals surface area contributed by atoms with Crippen molar-refractivity contribution in [2.75, 3.05) is 0 Å². The van der Waals surface area contributed by atoms with E-state index in [9.17, 15) is 20.1 Å². The summed E-state index contributed by atoms with van der Waals surface area (Å²) in [6.45, 7) is 1.76. The average molecular weight is 284 g/mol. The first-order valence-electron chi connectivity index (χ1n) is 6.25. The third kappa shape index (κ3) is 2.18. The Kier molecular flexibility index (Phi) is 2.83. The molecule has 1 aromatic heterocycles. The number of aromatic hydroxyl groups is 3. The molecule has 0 unspecified atom stereocenters. The highest BCUT2D eigenvalue weighted by Crippen LogP contribution is 2.31. The maximum Gasteiger partial charge on any atom is 0.197 e. The molecular weight excluding hydrogens is 272 g/mol. The lowest BCUT2D eigenvalue weighted by Gasteiger charge is -2.06. The molecule has 0 atom stereocenters. The molecule has 0 aliphatic heterocycles. The van der Waals surface area contributed by atoms with Crippen molar-refractivity contribution in [2.45, 2.75) is 6.92 Å². The number of aryl methyl sites for hydroxylation is 1. The van der Waals surface area contributed by atoms with Crippen LogP contribution in [0.2, 0.25) is 0 Å². The van der Waals surface area contributed by atoms with Crippen LogP contribution in [0.25, 0.3) is 22.3 Å². The lowest BCUT2D eigenvalue weighted by molar-refractivity contribution is 0.452. The van der Waals surface area contributed by atoms with Crippen molar-refractivity contribution in [3.63, 3.8) is 0 Å². The van der Waals surface area contributed by atoms with Gasteiger partial charge in [-0.05, 0) is 18.6 Å². The SMILES string of the molecule is Cc1ccc(-c2cc(=O)c3c(O)cc(O)cc3o2)cc1O. The lowest BCUT2D eigenvalue weighted by Crippen LogP contribution is -2.00. The van der Waals surface area contributed by atoms with Crippen LogP contribution < -0.4 is 5.43 Å². The zero-order valence-corrected chi connectivity index (χ0v) is 11.1. The van der Waals surface area contributed by atoms with E-state index in [0.717, 1.165) is 6.07 Å². The van der Waals surface area contributed by atoms with Gasteiger partial charge in [0.15, 0.2) is 5.43 Å². The van der Waals surface area contributed by atoms with Crippen LogP contribution in [0, 0.1) is 6.92 Å². The van der Waals surface area contributed by atoms with Crippen molar-refractivity contribution < 1.29 is 19.7 Å². The van der Waals surface area contributed by atoms with Crippen LogP contribution >= 0.6 is 0 Å². The number of hydrogen-bond donors (Lipinski definition) is 3. The molecule has 0 aliphatic rings. The van der Waals surface area contributed by atoms with E-state index in [1.807, 2.05) is 0 Å². The molecule has 5 nitrogen and oxygen atoms in total. The molecule has 0 saturated heterocycles. The van der Waals surface area contributed by atoms with Gasteiger partial charge in [-0.2, -0.15) is 0 Å². The highest BCUT2D eigenvalue weighted by Gasteiger charge is 2.12. The Hall–Kier alpha value is -2.95. The lowest BCUT2D eigenvalue weighted by atomic mass is 10.1. The molecule has 0 amide bonds. The summed E-state index contributed by atoms with van der Waals surface area (Å²) in [5, 5.41) is 28.9. The van der Waals surface area contributed by atoms with Gasteiger partial charge in [0.25, 0.3) is 0 Å². The predicted molar refractivity (Wildman–Crippen MR) is 77.7 cm³/mol. The molecule has 0 bridgehead atoms. The summed E-state index contributed by atoms with van der Waals surface area (Å²) in [5.74, 6) is -0.203. The summed E-state index contributed by atoms with van der Waals surface area (Å²) in [5.41, 5.74) is 0.885. The van der Waals surface area contributed by atoms with E-state index in [-0.39, 0.29) is 34.0 Å². The van der Waals surface area contributed by atoms with E-state index in [1.54, 1.807) is 19.1 Å². The van der Waals surface area contributed by atoms with Gasteiger partial charge in [-0.3, -0.25) is 4.79 Å². The molecule has 1 heterocycles. The molecule has 0 saturated carbocycles. The van der Waals surface area contributed by atoms with Crippen LogP contribution in [0.1, 0.15) is 5.56 Å². The molecule has 0 fully saturated rings. The summed E-state index contributed by atoms with van der Waals surface area (Å²) < 4.78 is 5.55. The maximum atomic E-state index is 12.1. The van der Waals surface area contributed by atoms with Gasteiger partial charge in [0.1, 0.15) is 34.0 Å². The van der Waals surface area contributed by atoms with Gasteiger partial charge < -0.3 is 19.7 Å². The van der Waals surface area contributed by atoms with E-state index >= 15 is 0 Å². The summed E-state index contributed by atoms with van der Waals surface area (Å²) in [6, 6.07) is 8.48. The fourth-order valence-electron chi connectivity index (χ4n) is 2.16. The number of fused-ring (bicyclic) bond motifs is 1. The summed E-state index contributed by atoms with van der Waals surface area (Å²) in [4.78, 5) is 12.1. The van der Waals surface area contributed by atoms with E-state index in [4.69, 9.17) is 4.42 Å². The van der Waals surface area contributed by atoms with Gasteiger partial charge in [0.05, 0.1) is 0 Å². The Balaban J connectivity index is 2.29. The highest BCUT2D eigenvalue weighted by atomic mass is 16.3. The number of phenols is 3. The number of hydrogen-bond acceptors (Lipinski definition) is 5. The highest BCUT2D eigenvalue weighted by molar-refractivity contribution is 5.86. The Bertz CT molecular complexity index is 908. The quantitative estimate of drug-likeness (QED) is 0.639. The van der Waals surface area contributed by atoms with Gasteiger partial charge in [-0.1, -0.05) is 12.1 Å². The fraction of sp³-hybridized carbons (Fsp3) is 0.0625. The average Bonchev–Trinajstić information content (AvgIpc) is 2.40. The molecule has 3 aromatic rings. The first-order chi connectivity index (χ1) is 9.95. The van der Waals surface area contributed by atoms with Crippen LogP contribution in [0.4, 0.5) is 0 Å². The fourth-order valence-corrected chi connectivity index (χ4v) is 2.16. The van der Waals surface area contributed by atoms with Crippen molar-refractivity contribution in [3.05, 3.63) is 52.2 Å². The van der Waals surface area contributed by atoms with Gasteiger partial charge in [-0.25, -0.2) is 0 Å². The minimum absolute atomic E-state index is 0.00730. The minimum Gasteiger partial charge on any atom is -0.508 e. The van der Waals surface area contributed by atoms with Crippen molar-refractivity contribution in [1.82, 2.24) is 0 Å². The largest absolute Gasteiger partial charge is 0.508 e. The molecule has 3 rings (SSSR count). The van der Waals surface area contributed by atoms with E-state index in [0.29, 0.717) is 11.1 Å². The molecule has 0 radical (unpaired) electrons. The van der Waals surface area contributed by atoms with Crippen molar-refractivity contribution in [1.29, 1.82) is 0 Å². The smallest absolute Gasteiger partial charge is 0.197 e. The van der Waals surface area contributed by atoms with Crippen LogP contribution in [0.3, 0.4) is 0 Å². The predicted octanol–water partition coefficient (Wildman–Crippen LogP) is 2.89. The summed E-state index contributed by atoms with van der Waals surface area (Å²) in [7, 11) is 0. The molecule has 0 aliphatic carbocycles. The van der Waals surface area contributed by atoms with Crippen LogP contribution in [0.5, 0.6) is 17.2 Å². The Morgan fingerprint density at radius 1 is 0.952 bits per heavy atom.